The van der Waals surface area contributed by atoms with Crippen molar-refractivity contribution in [3.63, 3.8) is 0 Å². The summed E-state index contributed by atoms with van der Waals surface area (Å²) in [7, 11) is 1.67. The Morgan fingerprint density at radius 3 is 2.80 bits per heavy atom. The number of anilines is 1. The minimum Gasteiger partial charge on any atom is -0.381 e. The van der Waals surface area contributed by atoms with Crippen molar-refractivity contribution < 1.29 is 4.79 Å². The van der Waals surface area contributed by atoms with Gasteiger partial charge in [0.15, 0.2) is 0 Å². The van der Waals surface area contributed by atoms with E-state index in [1.807, 2.05) is 30.8 Å². The van der Waals surface area contributed by atoms with Crippen molar-refractivity contribution in [1.82, 2.24) is 5.32 Å². The van der Waals surface area contributed by atoms with E-state index < -0.39 is 0 Å². The molecule has 1 aliphatic heterocycles. The Kier molecular flexibility index (Phi) is 4.63. The molecule has 0 radical (unpaired) electrons. The Morgan fingerprint density at radius 2 is 2.15 bits per heavy atom. The van der Waals surface area contributed by atoms with Gasteiger partial charge in [0.2, 0.25) is 0 Å². The Hall–Kier alpha value is -1.16. The van der Waals surface area contributed by atoms with Crippen LogP contribution in [0.25, 0.3) is 0 Å². The molecule has 4 heteroatoms. The summed E-state index contributed by atoms with van der Waals surface area (Å²) in [5, 5.41) is 6.32. The first-order chi connectivity index (χ1) is 9.43. The number of hydrogen-bond acceptors (Lipinski definition) is 3. The summed E-state index contributed by atoms with van der Waals surface area (Å²) in [6.07, 6.45) is 1.17. The highest BCUT2D eigenvalue weighted by molar-refractivity contribution is 7.99. The van der Waals surface area contributed by atoms with Gasteiger partial charge in [-0.3, -0.25) is 4.79 Å². The molecule has 1 amide bonds. The molecular formula is C16H24N2OS. The second kappa shape index (κ2) is 6.08. The molecule has 2 N–H and O–H groups in total. The Balaban J connectivity index is 2.15. The third-order valence-electron chi connectivity index (χ3n) is 3.78. The van der Waals surface area contributed by atoms with E-state index in [9.17, 15) is 4.79 Å². The Morgan fingerprint density at radius 1 is 1.40 bits per heavy atom. The predicted molar refractivity (Wildman–Crippen MR) is 87.7 cm³/mol. The van der Waals surface area contributed by atoms with Gasteiger partial charge in [-0.1, -0.05) is 19.9 Å². The molecule has 1 unspecified atom stereocenters. The molecule has 1 fully saturated rings. The molecule has 1 saturated heterocycles. The molecule has 1 heterocycles. The summed E-state index contributed by atoms with van der Waals surface area (Å²) < 4.78 is 0. The smallest absolute Gasteiger partial charge is 0.251 e. The van der Waals surface area contributed by atoms with E-state index >= 15 is 0 Å². The van der Waals surface area contributed by atoms with Gasteiger partial charge in [0.05, 0.1) is 0 Å². The zero-order chi connectivity index (χ0) is 14.8. The number of benzene rings is 1. The minimum atomic E-state index is -0.0236. The first kappa shape index (κ1) is 15.2. The van der Waals surface area contributed by atoms with Gasteiger partial charge < -0.3 is 10.6 Å². The molecule has 1 aromatic rings. The van der Waals surface area contributed by atoms with Crippen LogP contribution in [0.1, 0.15) is 36.2 Å². The number of rotatable bonds is 3. The second-order valence-electron chi connectivity index (χ2n) is 6.28. The third kappa shape index (κ3) is 3.48. The lowest BCUT2D eigenvalue weighted by molar-refractivity contribution is 0.0962. The van der Waals surface area contributed by atoms with Crippen molar-refractivity contribution in [3.05, 3.63) is 29.3 Å². The first-order valence-corrected chi connectivity index (χ1v) is 8.24. The fraction of sp³-hybridized carbons (Fsp3) is 0.562. The van der Waals surface area contributed by atoms with E-state index in [2.05, 4.69) is 30.5 Å². The van der Waals surface area contributed by atoms with Gasteiger partial charge >= 0.3 is 0 Å². The standard InChI is InChI=1S/C16H24N2OS/c1-11-13(15(19)17-4)6-5-7-14(11)18-12-8-16(2,3)10-20-9-12/h5-7,12,18H,8-10H2,1-4H3,(H,17,19). The van der Waals surface area contributed by atoms with Gasteiger partial charge in [0.1, 0.15) is 0 Å². The van der Waals surface area contributed by atoms with Crippen molar-refractivity contribution in [2.24, 2.45) is 5.41 Å². The van der Waals surface area contributed by atoms with Gasteiger partial charge in [0, 0.05) is 30.1 Å². The van der Waals surface area contributed by atoms with E-state index in [-0.39, 0.29) is 5.91 Å². The molecule has 0 aromatic heterocycles. The molecule has 2 rings (SSSR count). The molecule has 0 saturated carbocycles. The third-order valence-corrected chi connectivity index (χ3v) is 5.40. The molecular weight excluding hydrogens is 268 g/mol. The fourth-order valence-electron chi connectivity index (χ4n) is 2.75. The van der Waals surface area contributed by atoms with Crippen LogP contribution in [0.15, 0.2) is 18.2 Å². The fourth-order valence-corrected chi connectivity index (χ4v) is 4.02. The maximum Gasteiger partial charge on any atom is 0.251 e. The summed E-state index contributed by atoms with van der Waals surface area (Å²) in [4.78, 5) is 11.8. The Labute approximate surface area is 125 Å². The van der Waals surface area contributed by atoms with E-state index in [0.29, 0.717) is 11.5 Å². The van der Waals surface area contributed by atoms with E-state index in [4.69, 9.17) is 0 Å². The van der Waals surface area contributed by atoms with Crippen LogP contribution in [-0.4, -0.2) is 30.5 Å². The zero-order valence-corrected chi connectivity index (χ0v) is 13.6. The van der Waals surface area contributed by atoms with Gasteiger partial charge in [0.25, 0.3) is 5.91 Å². The van der Waals surface area contributed by atoms with Crippen molar-refractivity contribution in [3.8, 4) is 0 Å². The van der Waals surface area contributed by atoms with Crippen LogP contribution in [0, 0.1) is 12.3 Å². The molecule has 0 bridgehead atoms. The second-order valence-corrected chi connectivity index (χ2v) is 7.31. The summed E-state index contributed by atoms with van der Waals surface area (Å²) in [5.74, 6) is 2.33. The van der Waals surface area contributed by atoms with Gasteiger partial charge in [-0.25, -0.2) is 0 Å². The lowest BCUT2D eigenvalue weighted by Crippen LogP contribution is -2.35. The monoisotopic (exact) mass is 292 g/mol. The Bertz CT molecular complexity index is 499. The van der Waals surface area contributed by atoms with Crippen LogP contribution < -0.4 is 10.6 Å². The highest BCUT2D eigenvalue weighted by atomic mass is 32.2. The van der Waals surface area contributed by atoms with Crippen LogP contribution in [0.3, 0.4) is 0 Å². The molecule has 1 atom stereocenters. The SMILES string of the molecule is CNC(=O)c1cccc(NC2CSCC(C)(C)C2)c1C. The van der Waals surface area contributed by atoms with E-state index in [0.717, 1.165) is 22.6 Å². The maximum absolute atomic E-state index is 11.8. The van der Waals surface area contributed by atoms with Crippen molar-refractivity contribution >= 4 is 23.4 Å². The van der Waals surface area contributed by atoms with Crippen LogP contribution in [0.2, 0.25) is 0 Å². The lowest BCUT2D eigenvalue weighted by atomic mass is 9.87. The first-order valence-electron chi connectivity index (χ1n) is 7.09. The number of hydrogen-bond donors (Lipinski definition) is 2. The topological polar surface area (TPSA) is 41.1 Å². The highest BCUT2D eigenvalue weighted by Crippen LogP contribution is 2.35. The van der Waals surface area contributed by atoms with E-state index in [1.165, 1.54) is 12.2 Å². The largest absolute Gasteiger partial charge is 0.381 e. The number of carbonyl (C=O) groups excluding carboxylic acids is 1. The molecule has 1 aromatic carbocycles. The van der Waals surface area contributed by atoms with Gasteiger partial charge in [-0.15, -0.1) is 0 Å². The van der Waals surface area contributed by atoms with Crippen LogP contribution in [0.4, 0.5) is 5.69 Å². The van der Waals surface area contributed by atoms with Gasteiger partial charge in [-0.2, -0.15) is 11.8 Å². The lowest BCUT2D eigenvalue weighted by Gasteiger charge is -2.36. The quantitative estimate of drug-likeness (QED) is 0.898. The number of nitrogens with one attached hydrogen (secondary N) is 2. The molecule has 110 valence electrons. The average Bonchev–Trinajstić information content (AvgIpc) is 2.39. The predicted octanol–water partition coefficient (Wildman–Crippen LogP) is 3.30. The van der Waals surface area contributed by atoms with Crippen LogP contribution in [0.5, 0.6) is 0 Å². The molecule has 1 aliphatic rings. The molecule has 3 nitrogen and oxygen atoms in total. The zero-order valence-electron chi connectivity index (χ0n) is 12.7. The minimum absolute atomic E-state index is 0.0236. The number of amides is 1. The van der Waals surface area contributed by atoms with Crippen LogP contribution >= 0.6 is 11.8 Å². The summed E-state index contributed by atoms with van der Waals surface area (Å²) in [6, 6.07) is 6.36. The summed E-state index contributed by atoms with van der Waals surface area (Å²) in [6.45, 7) is 6.65. The van der Waals surface area contributed by atoms with Gasteiger partial charge in [-0.05, 0) is 42.2 Å². The molecule has 0 spiro atoms. The van der Waals surface area contributed by atoms with Crippen molar-refractivity contribution in [2.45, 2.75) is 33.2 Å². The average molecular weight is 292 g/mol. The van der Waals surface area contributed by atoms with E-state index in [1.54, 1.807) is 7.05 Å². The maximum atomic E-state index is 11.8. The number of thioether (sulfide) groups is 1. The normalized spacial score (nSPS) is 21.3. The molecule has 20 heavy (non-hydrogen) atoms. The van der Waals surface area contributed by atoms with Crippen molar-refractivity contribution in [1.29, 1.82) is 0 Å². The highest BCUT2D eigenvalue weighted by Gasteiger charge is 2.28. The number of carbonyl (C=O) groups is 1. The summed E-state index contributed by atoms with van der Waals surface area (Å²) in [5.41, 5.74) is 3.24. The van der Waals surface area contributed by atoms with Crippen LogP contribution in [-0.2, 0) is 0 Å². The van der Waals surface area contributed by atoms with Crippen molar-refractivity contribution in [2.75, 3.05) is 23.9 Å². The summed E-state index contributed by atoms with van der Waals surface area (Å²) >= 11 is 2.01. The molecule has 0 aliphatic carbocycles.